The quantitative estimate of drug-likeness (QED) is 0.752. The second-order valence-electron chi connectivity index (χ2n) is 5.55. The molecule has 1 aliphatic rings. The Kier molecular flexibility index (Phi) is 5.60. The third-order valence-corrected chi connectivity index (χ3v) is 3.93. The summed E-state index contributed by atoms with van der Waals surface area (Å²) in [5.74, 6) is -0.261. The molecule has 0 unspecified atom stereocenters. The van der Waals surface area contributed by atoms with E-state index in [0.29, 0.717) is 12.5 Å². The van der Waals surface area contributed by atoms with Crippen LogP contribution in [0.3, 0.4) is 0 Å². The van der Waals surface area contributed by atoms with E-state index < -0.39 is 5.97 Å². The van der Waals surface area contributed by atoms with Gasteiger partial charge in [0.05, 0.1) is 6.42 Å². The largest absolute Gasteiger partial charge is 0.481 e. The molecule has 0 aliphatic heterocycles. The number of urea groups is 1. The van der Waals surface area contributed by atoms with Crippen molar-refractivity contribution in [3.05, 3.63) is 35.4 Å². The van der Waals surface area contributed by atoms with E-state index >= 15 is 0 Å². The molecule has 0 atom stereocenters. The van der Waals surface area contributed by atoms with Gasteiger partial charge in [-0.3, -0.25) is 4.79 Å². The Bertz CT molecular complexity index is 496. The van der Waals surface area contributed by atoms with Crippen molar-refractivity contribution in [1.82, 2.24) is 10.6 Å². The molecule has 0 aromatic heterocycles. The molecule has 2 rings (SSSR count). The first-order valence-electron chi connectivity index (χ1n) is 7.45. The third kappa shape index (κ3) is 5.10. The standard InChI is InChI=1S/C16H22N2O3/c19-15(20)9-13-7-3-4-8-14(13)11-18-16(21)17-10-12-5-1-2-6-12/h3-4,7-8,12H,1-2,5-6,9-11H2,(H,19,20)(H2,17,18,21). The summed E-state index contributed by atoms with van der Waals surface area (Å²) in [6, 6.07) is 7.09. The van der Waals surface area contributed by atoms with Crippen LogP contribution in [0.1, 0.15) is 36.8 Å². The number of carboxylic acid groups (broad SMARTS) is 1. The Morgan fingerprint density at radius 3 is 2.43 bits per heavy atom. The number of carbonyl (C=O) groups excluding carboxylic acids is 1. The third-order valence-electron chi connectivity index (χ3n) is 3.93. The van der Waals surface area contributed by atoms with Gasteiger partial charge in [0.1, 0.15) is 0 Å². The molecule has 1 aliphatic carbocycles. The van der Waals surface area contributed by atoms with Crippen LogP contribution < -0.4 is 10.6 Å². The molecule has 1 fully saturated rings. The predicted octanol–water partition coefficient (Wildman–Crippen LogP) is 2.30. The van der Waals surface area contributed by atoms with Crippen molar-refractivity contribution in [2.75, 3.05) is 6.54 Å². The average Bonchev–Trinajstić information content (AvgIpc) is 2.97. The van der Waals surface area contributed by atoms with Gasteiger partial charge in [-0.25, -0.2) is 4.79 Å². The van der Waals surface area contributed by atoms with Crippen LogP contribution in [0.2, 0.25) is 0 Å². The zero-order valence-electron chi connectivity index (χ0n) is 12.1. The van der Waals surface area contributed by atoms with E-state index in [4.69, 9.17) is 5.11 Å². The maximum absolute atomic E-state index is 11.8. The van der Waals surface area contributed by atoms with Crippen LogP contribution in [-0.2, 0) is 17.8 Å². The van der Waals surface area contributed by atoms with Gasteiger partial charge >= 0.3 is 12.0 Å². The molecule has 0 heterocycles. The van der Waals surface area contributed by atoms with Gasteiger partial charge < -0.3 is 15.7 Å². The maximum atomic E-state index is 11.8. The smallest absolute Gasteiger partial charge is 0.315 e. The fraction of sp³-hybridized carbons (Fsp3) is 0.500. The first-order valence-corrected chi connectivity index (χ1v) is 7.45. The minimum absolute atomic E-state index is 0.0262. The summed E-state index contributed by atoms with van der Waals surface area (Å²) in [5, 5.41) is 14.6. The van der Waals surface area contributed by atoms with Crippen LogP contribution in [0, 0.1) is 5.92 Å². The van der Waals surface area contributed by atoms with Crippen LogP contribution in [0.25, 0.3) is 0 Å². The van der Waals surface area contributed by atoms with E-state index in [1.165, 1.54) is 25.7 Å². The molecule has 0 saturated heterocycles. The molecular weight excluding hydrogens is 268 g/mol. The minimum atomic E-state index is -0.867. The van der Waals surface area contributed by atoms with Gasteiger partial charge in [0, 0.05) is 13.1 Å². The molecule has 3 N–H and O–H groups in total. The second kappa shape index (κ2) is 7.67. The highest BCUT2D eigenvalue weighted by molar-refractivity contribution is 5.74. The molecule has 2 amide bonds. The SMILES string of the molecule is O=C(O)Cc1ccccc1CNC(=O)NCC1CCCC1. The summed E-state index contributed by atoms with van der Waals surface area (Å²) in [7, 11) is 0. The normalized spacial score (nSPS) is 14.9. The highest BCUT2D eigenvalue weighted by Crippen LogP contribution is 2.23. The van der Waals surface area contributed by atoms with E-state index in [0.717, 1.165) is 17.7 Å². The van der Waals surface area contributed by atoms with Gasteiger partial charge in [-0.15, -0.1) is 0 Å². The first-order chi connectivity index (χ1) is 10.1. The van der Waals surface area contributed by atoms with E-state index in [1.807, 2.05) is 18.2 Å². The Labute approximate surface area is 124 Å². The van der Waals surface area contributed by atoms with Crippen LogP contribution >= 0.6 is 0 Å². The predicted molar refractivity (Wildman–Crippen MR) is 80.0 cm³/mol. The monoisotopic (exact) mass is 290 g/mol. The Hall–Kier alpha value is -2.04. The zero-order valence-corrected chi connectivity index (χ0v) is 12.1. The number of nitrogens with one attached hydrogen (secondary N) is 2. The summed E-state index contributed by atoms with van der Waals surface area (Å²) < 4.78 is 0. The van der Waals surface area contributed by atoms with Gasteiger partial charge in [0.2, 0.25) is 0 Å². The molecule has 1 saturated carbocycles. The Morgan fingerprint density at radius 2 is 1.76 bits per heavy atom. The summed E-state index contributed by atoms with van der Waals surface area (Å²) in [6.45, 7) is 1.07. The fourth-order valence-electron chi connectivity index (χ4n) is 2.75. The minimum Gasteiger partial charge on any atom is -0.481 e. The van der Waals surface area contributed by atoms with Crippen molar-refractivity contribution >= 4 is 12.0 Å². The summed E-state index contributed by atoms with van der Waals surface area (Å²) >= 11 is 0. The van der Waals surface area contributed by atoms with E-state index in [-0.39, 0.29) is 12.5 Å². The molecule has 1 aromatic rings. The average molecular weight is 290 g/mol. The summed E-state index contributed by atoms with van der Waals surface area (Å²) in [4.78, 5) is 22.6. The topological polar surface area (TPSA) is 78.4 Å². The Balaban J connectivity index is 1.79. The number of rotatable bonds is 6. The highest BCUT2D eigenvalue weighted by Gasteiger charge is 2.15. The molecule has 0 radical (unpaired) electrons. The zero-order chi connectivity index (χ0) is 15.1. The molecule has 5 heteroatoms. The van der Waals surface area contributed by atoms with E-state index in [9.17, 15) is 9.59 Å². The van der Waals surface area contributed by atoms with Crippen molar-refractivity contribution in [2.24, 2.45) is 5.92 Å². The van der Waals surface area contributed by atoms with Gasteiger partial charge in [0.15, 0.2) is 0 Å². The van der Waals surface area contributed by atoms with E-state index in [2.05, 4.69) is 10.6 Å². The van der Waals surface area contributed by atoms with Crippen LogP contribution in [0.15, 0.2) is 24.3 Å². The van der Waals surface area contributed by atoms with Gasteiger partial charge in [-0.2, -0.15) is 0 Å². The molecular formula is C16H22N2O3. The second-order valence-corrected chi connectivity index (χ2v) is 5.55. The van der Waals surface area contributed by atoms with Crippen molar-refractivity contribution in [3.63, 3.8) is 0 Å². The van der Waals surface area contributed by atoms with Crippen LogP contribution in [0.4, 0.5) is 4.79 Å². The number of carboxylic acids is 1. The molecule has 0 bridgehead atoms. The summed E-state index contributed by atoms with van der Waals surface area (Å²) in [6.07, 6.45) is 4.89. The van der Waals surface area contributed by atoms with Crippen molar-refractivity contribution in [2.45, 2.75) is 38.6 Å². The number of carbonyl (C=O) groups is 2. The molecule has 5 nitrogen and oxygen atoms in total. The number of amides is 2. The van der Waals surface area contributed by atoms with Gasteiger partial charge in [-0.1, -0.05) is 37.1 Å². The van der Waals surface area contributed by atoms with Crippen molar-refractivity contribution in [3.8, 4) is 0 Å². The molecule has 1 aromatic carbocycles. The molecule has 0 spiro atoms. The van der Waals surface area contributed by atoms with Crippen molar-refractivity contribution < 1.29 is 14.7 Å². The lowest BCUT2D eigenvalue weighted by Crippen LogP contribution is -2.37. The number of hydrogen-bond donors (Lipinski definition) is 3. The molecule has 21 heavy (non-hydrogen) atoms. The fourth-order valence-corrected chi connectivity index (χ4v) is 2.75. The number of benzene rings is 1. The maximum Gasteiger partial charge on any atom is 0.315 e. The van der Waals surface area contributed by atoms with Crippen LogP contribution in [-0.4, -0.2) is 23.7 Å². The van der Waals surface area contributed by atoms with E-state index in [1.54, 1.807) is 6.07 Å². The lowest BCUT2D eigenvalue weighted by molar-refractivity contribution is -0.136. The lowest BCUT2D eigenvalue weighted by Gasteiger charge is -2.13. The van der Waals surface area contributed by atoms with Gasteiger partial charge in [-0.05, 0) is 29.9 Å². The highest BCUT2D eigenvalue weighted by atomic mass is 16.4. The Morgan fingerprint density at radius 1 is 1.10 bits per heavy atom. The number of hydrogen-bond acceptors (Lipinski definition) is 2. The lowest BCUT2D eigenvalue weighted by atomic mass is 10.0. The summed E-state index contributed by atoms with van der Waals surface area (Å²) in [5.41, 5.74) is 1.58. The van der Waals surface area contributed by atoms with Crippen molar-refractivity contribution in [1.29, 1.82) is 0 Å². The first kappa shape index (κ1) is 15.4. The number of aliphatic carboxylic acids is 1. The van der Waals surface area contributed by atoms with Gasteiger partial charge in [0.25, 0.3) is 0 Å². The van der Waals surface area contributed by atoms with Crippen LogP contribution in [0.5, 0.6) is 0 Å². The molecule has 114 valence electrons.